The molecule has 0 saturated heterocycles. The quantitative estimate of drug-likeness (QED) is 0.686. The molecule has 0 aromatic carbocycles. The highest BCUT2D eigenvalue weighted by Gasteiger charge is 2.36. The van der Waals surface area contributed by atoms with E-state index in [1.807, 2.05) is 0 Å². The summed E-state index contributed by atoms with van der Waals surface area (Å²) in [6, 6.07) is 0.908. The molecule has 0 aromatic rings. The molecule has 0 aliphatic heterocycles. The van der Waals surface area contributed by atoms with E-state index in [-0.39, 0.29) is 0 Å². The molecule has 0 spiro atoms. The molecular formula is C20H38N2. The van der Waals surface area contributed by atoms with Crippen LogP contribution in [-0.2, 0) is 0 Å². The molecule has 2 nitrogen and oxygen atoms in total. The number of rotatable bonds is 0. The zero-order chi connectivity index (χ0) is 15.4. The first-order chi connectivity index (χ1) is 10.8. The predicted octanol–water partition coefficient (Wildman–Crippen LogP) is 4.61. The topological polar surface area (TPSA) is 52.0 Å². The van der Waals surface area contributed by atoms with E-state index in [2.05, 4.69) is 0 Å². The van der Waals surface area contributed by atoms with Gasteiger partial charge in [0, 0.05) is 12.1 Å². The highest BCUT2D eigenvalue weighted by Crippen LogP contribution is 2.40. The van der Waals surface area contributed by atoms with Crippen molar-refractivity contribution >= 4 is 0 Å². The Morgan fingerprint density at radius 2 is 0.773 bits per heavy atom. The van der Waals surface area contributed by atoms with Gasteiger partial charge >= 0.3 is 0 Å². The molecule has 4 aliphatic carbocycles. The minimum atomic E-state index is 0.454. The van der Waals surface area contributed by atoms with E-state index in [1.165, 1.54) is 64.2 Å². The van der Waals surface area contributed by atoms with E-state index in [0.29, 0.717) is 12.1 Å². The van der Waals surface area contributed by atoms with Crippen LogP contribution in [0.2, 0.25) is 0 Å². The summed E-state index contributed by atoms with van der Waals surface area (Å²) in [5, 5.41) is 0. The molecule has 4 atom stereocenters. The molecule has 128 valence electrons. The van der Waals surface area contributed by atoms with E-state index in [9.17, 15) is 0 Å². The maximum Gasteiger partial charge on any atom is 0.00703 e. The third-order valence-corrected chi connectivity index (χ3v) is 7.27. The lowest BCUT2D eigenvalue weighted by atomic mass is 9.66. The maximum atomic E-state index is 6.10. The van der Waals surface area contributed by atoms with Crippen LogP contribution in [0.1, 0.15) is 89.9 Å². The van der Waals surface area contributed by atoms with Crippen molar-refractivity contribution in [2.75, 3.05) is 0 Å². The second kappa shape index (κ2) is 8.15. The molecule has 0 bridgehead atoms. The van der Waals surface area contributed by atoms with Gasteiger partial charge in [0.2, 0.25) is 0 Å². The van der Waals surface area contributed by atoms with Crippen LogP contribution >= 0.6 is 0 Å². The third-order valence-electron chi connectivity index (χ3n) is 7.27. The lowest BCUT2D eigenvalue weighted by molar-refractivity contribution is 0.125. The van der Waals surface area contributed by atoms with Gasteiger partial charge in [-0.05, 0) is 49.4 Å². The van der Waals surface area contributed by atoms with Crippen LogP contribution in [0.4, 0.5) is 0 Å². The molecule has 22 heavy (non-hydrogen) atoms. The van der Waals surface area contributed by atoms with Crippen molar-refractivity contribution in [2.24, 2.45) is 35.1 Å². The molecule has 0 heterocycles. The Morgan fingerprint density at radius 1 is 0.409 bits per heavy atom. The molecule has 4 N–H and O–H groups in total. The van der Waals surface area contributed by atoms with Gasteiger partial charge in [-0.3, -0.25) is 0 Å². The van der Waals surface area contributed by atoms with Crippen molar-refractivity contribution in [3.8, 4) is 0 Å². The summed E-state index contributed by atoms with van der Waals surface area (Å²) in [7, 11) is 0. The van der Waals surface area contributed by atoms with Crippen LogP contribution in [0, 0.1) is 23.7 Å². The summed E-state index contributed by atoms with van der Waals surface area (Å²) in [6.07, 6.45) is 20.1. The lowest BCUT2D eigenvalue weighted by Gasteiger charge is -2.43. The van der Waals surface area contributed by atoms with Gasteiger partial charge in [-0.2, -0.15) is 0 Å². The Hall–Kier alpha value is -0.0800. The van der Waals surface area contributed by atoms with Gasteiger partial charge in [0.1, 0.15) is 0 Å². The highest BCUT2D eigenvalue weighted by atomic mass is 14.7. The van der Waals surface area contributed by atoms with Gasteiger partial charge in [0.25, 0.3) is 0 Å². The maximum absolute atomic E-state index is 6.10. The van der Waals surface area contributed by atoms with Gasteiger partial charge in [0.05, 0.1) is 0 Å². The average molecular weight is 307 g/mol. The summed E-state index contributed by atoms with van der Waals surface area (Å²) in [6.45, 7) is 0. The first-order valence-electron chi connectivity index (χ1n) is 10.3. The van der Waals surface area contributed by atoms with Gasteiger partial charge in [0.15, 0.2) is 0 Å². The fourth-order valence-electron chi connectivity index (χ4n) is 5.96. The van der Waals surface area contributed by atoms with Crippen molar-refractivity contribution in [1.29, 1.82) is 0 Å². The monoisotopic (exact) mass is 306 g/mol. The molecule has 0 amide bonds. The molecule has 0 aromatic heterocycles. The van der Waals surface area contributed by atoms with Crippen LogP contribution in [-0.4, -0.2) is 12.1 Å². The fraction of sp³-hybridized carbons (Fsp3) is 1.00. The molecule has 4 saturated carbocycles. The SMILES string of the molecule is C1CCC2CCCCC2C1.NC1CCCC2C(N)CCCC12. The van der Waals surface area contributed by atoms with Crippen molar-refractivity contribution < 1.29 is 0 Å². The van der Waals surface area contributed by atoms with Crippen LogP contribution in [0.15, 0.2) is 0 Å². The Morgan fingerprint density at radius 3 is 1.14 bits per heavy atom. The van der Waals surface area contributed by atoms with Crippen molar-refractivity contribution in [3.05, 3.63) is 0 Å². The van der Waals surface area contributed by atoms with Crippen LogP contribution in [0.5, 0.6) is 0 Å². The molecule has 4 unspecified atom stereocenters. The largest absolute Gasteiger partial charge is 0.327 e. The Balaban J connectivity index is 0.000000133. The van der Waals surface area contributed by atoms with E-state index in [1.54, 1.807) is 25.7 Å². The smallest absolute Gasteiger partial charge is 0.00703 e. The van der Waals surface area contributed by atoms with E-state index < -0.39 is 0 Å². The van der Waals surface area contributed by atoms with E-state index in [4.69, 9.17) is 11.5 Å². The molecule has 4 aliphatic rings. The third kappa shape index (κ3) is 4.06. The summed E-state index contributed by atoms with van der Waals surface area (Å²) < 4.78 is 0. The number of fused-ring (bicyclic) bond motifs is 2. The molecular weight excluding hydrogens is 268 g/mol. The first kappa shape index (κ1) is 16.8. The minimum Gasteiger partial charge on any atom is -0.327 e. The zero-order valence-electron chi connectivity index (χ0n) is 14.5. The number of nitrogens with two attached hydrogens (primary N) is 2. The first-order valence-corrected chi connectivity index (χ1v) is 10.3. The Bertz CT molecular complexity index is 286. The lowest BCUT2D eigenvalue weighted by Crippen LogP contribution is -2.48. The standard InChI is InChI=1S/C10H20N2.C10H18/c11-9-5-1-3-7-8(9)4-2-6-10(7)12;1-2-6-10-8-4-3-7-9(10)5-1/h7-10H,1-6,11-12H2;9-10H,1-8H2. The number of hydrogen-bond acceptors (Lipinski definition) is 2. The average Bonchev–Trinajstić information content (AvgIpc) is 2.57. The van der Waals surface area contributed by atoms with Crippen molar-refractivity contribution in [1.82, 2.24) is 0 Å². The summed E-state index contributed by atoms with van der Waals surface area (Å²) in [4.78, 5) is 0. The molecule has 4 fully saturated rings. The minimum absolute atomic E-state index is 0.454. The molecule has 2 heteroatoms. The van der Waals surface area contributed by atoms with Gasteiger partial charge < -0.3 is 11.5 Å². The Labute approximate surface area is 137 Å². The highest BCUT2D eigenvalue weighted by molar-refractivity contribution is 4.92. The summed E-state index contributed by atoms with van der Waals surface area (Å²) in [5.74, 6) is 3.81. The van der Waals surface area contributed by atoms with E-state index in [0.717, 1.165) is 23.7 Å². The van der Waals surface area contributed by atoms with E-state index >= 15 is 0 Å². The number of hydrogen-bond donors (Lipinski definition) is 2. The van der Waals surface area contributed by atoms with Gasteiger partial charge in [-0.25, -0.2) is 0 Å². The summed E-state index contributed by atoms with van der Waals surface area (Å²) >= 11 is 0. The molecule has 4 rings (SSSR count). The normalized spacial score (nSPS) is 45.0. The molecule has 0 radical (unpaired) electrons. The van der Waals surface area contributed by atoms with Crippen molar-refractivity contribution in [3.63, 3.8) is 0 Å². The predicted molar refractivity (Wildman–Crippen MR) is 94.5 cm³/mol. The van der Waals surface area contributed by atoms with Crippen LogP contribution in [0.25, 0.3) is 0 Å². The second-order valence-electron chi connectivity index (χ2n) is 8.61. The van der Waals surface area contributed by atoms with Crippen LogP contribution in [0.3, 0.4) is 0 Å². The van der Waals surface area contributed by atoms with Gasteiger partial charge in [-0.15, -0.1) is 0 Å². The Kier molecular flexibility index (Phi) is 6.21. The van der Waals surface area contributed by atoms with Crippen LogP contribution < -0.4 is 11.5 Å². The van der Waals surface area contributed by atoms with Crippen molar-refractivity contribution in [2.45, 2.75) is 102 Å². The zero-order valence-corrected chi connectivity index (χ0v) is 14.5. The summed E-state index contributed by atoms with van der Waals surface area (Å²) in [5.41, 5.74) is 12.2. The van der Waals surface area contributed by atoms with Gasteiger partial charge in [-0.1, -0.05) is 64.2 Å². The fourth-order valence-corrected chi connectivity index (χ4v) is 5.96. The second-order valence-corrected chi connectivity index (χ2v) is 8.61.